The number of hydrogen-bond acceptors (Lipinski definition) is 2. The van der Waals surface area contributed by atoms with Crippen molar-refractivity contribution in [2.45, 2.75) is 30.9 Å². The minimum atomic E-state index is -6.24. The van der Waals surface area contributed by atoms with Crippen LogP contribution in [-0.2, 0) is 10.0 Å². The summed E-state index contributed by atoms with van der Waals surface area (Å²) in [6, 6.07) is 0. The van der Waals surface area contributed by atoms with E-state index in [4.69, 9.17) is 0 Å². The van der Waals surface area contributed by atoms with E-state index in [2.05, 4.69) is 0 Å². The Hall–Kier alpha value is -0.150. The number of nitrogens with one attached hydrogen (secondary N) is 1. The van der Waals surface area contributed by atoms with Crippen molar-refractivity contribution < 1.29 is 39.2 Å². The molecule has 0 fully saturated rings. The van der Waals surface area contributed by atoms with Crippen LogP contribution in [-0.4, -0.2) is 64.9 Å². The van der Waals surface area contributed by atoms with E-state index in [1.807, 2.05) is 24.7 Å². The Morgan fingerprint density at radius 1 is 0.913 bits per heavy atom. The molecule has 0 rings (SSSR count). The van der Waals surface area contributed by atoms with Crippen LogP contribution in [0.25, 0.3) is 0 Å². The Morgan fingerprint density at radius 3 is 1.70 bits per heavy atom. The Morgan fingerprint density at radius 2 is 1.35 bits per heavy atom. The molecule has 1 N–H and O–H groups in total. The van der Waals surface area contributed by atoms with Crippen molar-refractivity contribution in [1.82, 2.24) is 4.72 Å². The Kier molecular flexibility index (Phi) is 7.34. The van der Waals surface area contributed by atoms with Gasteiger partial charge in [-0.2, -0.15) is 0 Å². The summed E-state index contributed by atoms with van der Waals surface area (Å²) in [6.07, 6.45) is -13.6. The van der Waals surface area contributed by atoms with Crippen molar-refractivity contribution in [2.75, 3.05) is 38.5 Å². The second-order valence-corrected chi connectivity index (χ2v) is 14.0. The molecule has 0 aliphatic heterocycles. The predicted octanol–water partition coefficient (Wildman–Crippen LogP) is 3.16. The molecule has 0 saturated heterocycles. The molecule has 0 aromatic heterocycles. The van der Waals surface area contributed by atoms with Gasteiger partial charge in [-0.15, -0.1) is 0 Å². The predicted molar refractivity (Wildman–Crippen MR) is 77.9 cm³/mol. The molecule has 0 bridgehead atoms. The number of halogens is 7. The molecule has 23 heavy (non-hydrogen) atoms. The monoisotopic (exact) mass is 395 g/mol. The van der Waals surface area contributed by atoms with Gasteiger partial charge >= 0.3 is 130 Å². The van der Waals surface area contributed by atoms with Gasteiger partial charge in [-0.1, -0.05) is 0 Å². The first-order valence-electron chi connectivity index (χ1n) is 6.71. The molecule has 12 heteroatoms. The van der Waals surface area contributed by atoms with Gasteiger partial charge in [0.2, 0.25) is 0 Å². The van der Waals surface area contributed by atoms with Crippen LogP contribution < -0.4 is 4.72 Å². The maximum atomic E-state index is 13.3. The molecular formula is C11H21F7NO2PS. The van der Waals surface area contributed by atoms with Crippen molar-refractivity contribution in [2.24, 2.45) is 0 Å². The van der Waals surface area contributed by atoms with Gasteiger partial charge in [0.15, 0.2) is 0 Å². The fourth-order valence-electron chi connectivity index (χ4n) is 1.64. The van der Waals surface area contributed by atoms with Crippen LogP contribution in [0.5, 0.6) is 0 Å². The number of hydrogen-bond donors (Lipinski definition) is 1. The minimum absolute atomic E-state index is 0.107. The van der Waals surface area contributed by atoms with E-state index < -0.39 is 47.5 Å². The van der Waals surface area contributed by atoms with Crippen LogP contribution in [0.4, 0.5) is 30.7 Å². The van der Waals surface area contributed by atoms with Crippen LogP contribution in [0.3, 0.4) is 0 Å². The molecule has 0 heterocycles. The standard InChI is InChI=1S/C11H21F7NO2PS/c1-22(2,3)7-4-6-19-23(20,21)8-5-9(12,10(13,14)15)11(16,17)18/h19,22H,4-8H2,1-3H3. The van der Waals surface area contributed by atoms with Gasteiger partial charge in [0.25, 0.3) is 0 Å². The van der Waals surface area contributed by atoms with Crippen LogP contribution in [0.15, 0.2) is 0 Å². The summed E-state index contributed by atoms with van der Waals surface area (Å²) in [4.78, 5) is 0. The number of alkyl halides is 7. The van der Waals surface area contributed by atoms with Crippen LogP contribution in [0.2, 0.25) is 0 Å². The molecule has 0 saturated carbocycles. The molecule has 0 amide bonds. The summed E-state index contributed by atoms with van der Waals surface area (Å²) >= 11 is 0. The average molecular weight is 395 g/mol. The maximum absolute atomic E-state index is 13.3. The van der Waals surface area contributed by atoms with Crippen molar-refractivity contribution in [3.05, 3.63) is 0 Å². The summed E-state index contributed by atoms with van der Waals surface area (Å²) in [5, 5.41) is 0. The van der Waals surface area contributed by atoms with Crippen LogP contribution in [0, 0.1) is 0 Å². The van der Waals surface area contributed by atoms with Gasteiger partial charge in [0.1, 0.15) is 0 Å². The van der Waals surface area contributed by atoms with E-state index >= 15 is 0 Å². The van der Waals surface area contributed by atoms with E-state index in [0.717, 1.165) is 6.16 Å². The topological polar surface area (TPSA) is 46.2 Å². The van der Waals surface area contributed by atoms with E-state index in [-0.39, 0.29) is 6.54 Å². The third-order valence-electron chi connectivity index (χ3n) is 3.04. The van der Waals surface area contributed by atoms with Crippen LogP contribution in [0.1, 0.15) is 12.8 Å². The molecule has 0 spiro atoms. The molecule has 0 atom stereocenters. The molecule has 3 nitrogen and oxygen atoms in total. The first-order valence-corrected chi connectivity index (χ1v) is 12.1. The Labute approximate surface area is 131 Å². The number of rotatable bonds is 8. The van der Waals surface area contributed by atoms with E-state index in [0.29, 0.717) is 6.42 Å². The second-order valence-electron chi connectivity index (χ2n) is 6.42. The first-order chi connectivity index (χ1) is 9.91. The molecule has 0 aliphatic rings. The SMILES string of the molecule is C[PH](C)(C)CCCNS(=O)(=O)CCC(F)(C(F)(F)F)C(F)(F)F. The quantitative estimate of drug-likeness (QED) is 0.390. The van der Waals surface area contributed by atoms with Crippen molar-refractivity contribution in [1.29, 1.82) is 0 Å². The molecule has 0 unspecified atom stereocenters. The van der Waals surface area contributed by atoms with E-state index in [9.17, 15) is 39.2 Å². The summed E-state index contributed by atoms with van der Waals surface area (Å²) in [6.45, 7) is 5.95. The van der Waals surface area contributed by atoms with Crippen molar-refractivity contribution in [3.8, 4) is 0 Å². The van der Waals surface area contributed by atoms with Crippen LogP contribution >= 0.6 is 7.26 Å². The van der Waals surface area contributed by atoms with Gasteiger partial charge in [-0.05, 0) is 0 Å². The second kappa shape index (κ2) is 7.39. The average Bonchev–Trinajstić information content (AvgIpc) is 2.28. The summed E-state index contributed by atoms with van der Waals surface area (Å²) in [7, 11) is -5.87. The Balaban J connectivity index is 4.73. The molecule has 0 aromatic rings. The normalized spacial score (nSPS) is 15.7. The first kappa shape index (κ1) is 22.9. The van der Waals surface area contributed by atoms with E-state index in [1.54, 1.807) is 0 Å². The van der Waals surface area contributed by atoms with Crippen molar-refractivity contribution in [3.63, 3.8) is 0 Å². The van der Waals surface area contributed by atoms with Gasteiger partial charge in [0.05, 0.1) is 0 Å². The number of sulfonamides is 1. The molecule has 142 valence electrons. The zero-order valence-electron chi connectivity index (χ0n) is 12.9. The zero-order chi connectivity index (χ0) is 18.7. The summed E-state index contributed by atoms with van der Waals surface area (Å²) < 4.78 is 112. The Bertz CT molecular complexity index is 468. The third kappa shape index (κ3) is 7.51. The molecule has 0 radical (unpaired) electrons. The van der Waals surface area contributed by atoms with E-state index in [1.165, 1.54) is 0 Å². The molecular weight excluding hydrogens is 374 g/mol. The van der Waals surface area contributed by atoms with Gasteiger partial charge in [-0.25, -0.2) is 0 Å². The fraction of sp³-hybridized carbons (Fsp3) is 1.00. The zero-order valence-corrected chi connectivity index (χ0v) is 14.7. The molecule has 0 aliphatic carbocycles. The summed E-state index contributed by atoms with van der Waals surface area (Å²) in [5.74, 6) is -1.60. The van der Waals surface area contributed by atoms with Gasteiger partial charge < -0.3 is 0 Å². The fourth-order valence-corrected chi connectivity index (χ4v) is 4.02. The van der Waals surface area contributed by atoms with Crippen molar-refractivity contribution >= 4 is 17.3 Å². The van der Waals surface area contributed by atoms with Gasteiger partial charge in [0, 0.05) is 0 Å². The molecule has 0 aromatic carbocycles. The van der Waals surface area contributed by atoms with Gasteiger partial charge in [-0.3, -0.25) is 0 Å². The third-order valence-corrected chi connectivity index (χ3v) is 6.28. The summed E-state index contributed by atoms with van der Waals surface area (Å²) in [5.41, 5.74) is -5.55.